The van der Waals surface area contributed by atoms with Crippen molar-refractivity contribution in [3.05, 3.63) is 83.4 Å². The molecule has 1 N–H and O–H groups in total. The second-order valence-electron chi connectivity index (χ2n) is 9.77. The lowest BCUT2D eigenvalue weighted by Crippen LogP contribution is -2.40. The minimum atomic E-state index is -0.579. The maximum atomic E-state index is 12.0. The number of cyclic esters (lactones) is 1. The summed E-state index contributed by atoms with van der Waals surface area (Å²) in [6.07, 6.45) is 3.96. The zero-order valence-corrected chi connectivity index (χ0v) is 20.2. The van der Waals surface area contributed by atoms with Crippen molar-refractivity contribution in [1.82, 2.24) is 4.90 Å². The molecule has 2 heterocycles. The van der Waals surface area contributed by atoms with Crippen LogP contribution < -0.4 is 4.74 Å². The number of hydrogen-bond acceptors (Lipinski definition) is 5. The molecule has 0 saturated carbocycles. The predicted octanol–water partition coefficient (Wildman–Crippen LogP) is 5.18. The average Bonchev–Trinajstić information content (AvgIpc) is 3.20. The van der Waals surface area contributed by atoms with Crippen molar-refractivity contribution in [1.29, 1.82) is 0 Å². The molecular formula is C30H33NO4. The highest BCUT2D eigenvalue weighted by molar-refractivity contribution is 5.96. The number of esters is 1. The molecule has 2 aliphatic heterocycles. The van der Waals surface area contributed by atoms with E-state index in [0.717, 1.165) is 31.5 Å². The molecule has 5 nitrogen and oxygen atoms in total. The molecule has 0 aliphatic carbocycles. The van der Waals surface area contributed by atoms with Gasteiger partial charge in [-0.3, -0.25) is 0 Å². The van der Waals surface area contributed by atoms with Crippen LogP contribution >= 0.6 is 0 Å². The minimum absolute atomic E-state index is 0.0889. The number of likely N-dealkylation sites (tertiary alicyclic amines) is 1. The summed E-state index contributed by atoms with van der Waals surface area (Å²) in [5.41, 5.74) is 2.90. The maximum absolute atomic E-state index is 12.0. The van der Waals surface area contributed by atoms with Gasteiger partial charge in [-0.15, -0.1) is 0 Å². The van der Waals surface area contributed by atoms with Crippen molar-refractivity contribution in [2.75, 3.05) is 26.2 Å². The van der Waals surface area contributed by atoms with E-state index in [0.29, 0.717) is 30.2 Å². The van der Waals surface area contributed by atoms with E-state index in [4.69, 9.17) is 9.47 Å². The lowest BCUT2D eigenvalue weighted by Gasteiger charge is -2.33. The van der Waals surface area contributed by atoms with Crippen LogP contribution in [0.25, 0.3) is 16.8 Å². The number of β-amino-alcohol motifs (C(OH)–C–C–N with tert-alkyl or cyclic N) is 1. The van der Waals surface area contributed by atoms with E-state index >= 15 is 0 Å². The molecule has 2 aliphatic rings. The fraction of sp³-hybridized carbons (Fsp3) is 0.367. The van der Waals surface area contributed by atoms with Gasteiger partial charge in [-0.1, -0.05) is 60.7 Å². The Morgan fingerprint density at radius 2 is 1.80 bits per heavy atom. The fourth-order valence-electron chi connectivity index (χ4n) is 5.18. The summed E-state index contributed by atoms with van der Waals surface area (Å²) in [6, 6.07) is 22.9. The standard InChI is InChI=1S/C30H33NO4/c1-21-16-27(30(33)35-21)18-26-8-4-5-9-29(26)34-20-28(32)19-31-14-12-23(13-15-31)25-11-10-22-6-2-3-7-24(22)17-25/h2-11,17-18,21,23,28,32H,12-16,19-20H2,1H3. The Kier molecular flexibility index (Phi) is 7.16. The van der Waals surface area contributed by atoms with Crippen molar-refractivity contribution < 1.29 is 19.4 Å². The second-order valence-corrected chi connectivity index (χ2v) is 9.77. The third kappa shape index (κ3) is 5.75. The molecule has 5 rings (SSSR count). The van der Waals surface area contributed by atoms with Crippen molar-refractivity contribution in [2.24, 2.45) is 0 Å². The number of rotatable bonds is 7. The Labute approximate surface area is 207 Å². The van der Waals surface area contributed by atoms with Crippen molar-refractivity contribution in [3.63, 3.8) is 0 Å². The van der Waals surface area contributed by atoms with Crippen LogP contribution in [0.2, 0.25) is 0 Å². The van der Waals surface area contributed by atoms with Crippen LogP contribution in [0, 0.1) is 0 Å². The smallest absolute Gasteiger partial charge is 0.334 e. The quantitative estimate of drug-likeness (QED) is 0.380. The first-order valence-electron chi connectivity index (χ1n) is 12.6. The largest absolute Gasteiger partial charge is 0.490 e. The van der Waals surface area contributed by atoms with Gasteiger partial charge in [0.05, 0.1) is 0 Å². The number of aliphatic hydroxyl groups excluding tert-OH is 1. The summed E-state index contributed by atoms with van der Waals surface area (Å²) in [6.45, 7) is 4.64. The highest BCUT2D eigenvalue weighted by Gasteiger charge is 2.26. The zero-order chi connectivity index (χ0) is 24.2. The molecule has 2 saturated heterocycles. The Morgan fingerprint density at radius 3 is 2.57 bits per heavy atom. The highest BCUT2D eigenvalue weighted by Crippen LogP contribution is 2.31. The number of carbonyl (C=O) groups is 1. The molecule has 35 heavy (non-hydrogen) atoms. The van der Waals surface area contributed by atoms with Gasteiger partial charge in [-0.2, -0.15) is 0 Å². The van der Waals surface area contributed by atoms with Crippen LogP contribution in [-0.4, -0.2) is 54.4 Å². The van der Waals surface area contributed by atoms with Crippen LogP contribution in [-0.2, 0) is 9.53 Å². The van der Waals surface area contributed by atoms with E-state index in [1.165, 1.54) is 16.3 Å². The molecule has 182 valence electrons. The molecule has 2 atom stereocenters. The van der Waals surface area contributed by atoms with Crippen LogP contribution in [0.1, 0.15) is 43.2 Å². The summed E-state index contributed by atoms with van der Waals surface area (Å²) in [5, 5.41) is 13.2. The predicted molar refractivity (Wildman–Crippen MR) is 138 cm³/mol. The Morgan fingerprint density at radius 1 is 1.06 bits per heavy atom. The van der Waals surface area contributed by atoms with Crippen molar-refractivity contribution >= 4 is 22.8 Å². The van der Waals surface area contributed by atoms with Crippen LogP contribution in [0.4, 0.5) is 0 Å². The molecule has 0 aromatic heterocycles. The lowest BCUT2D eigenvalue weighted by atomic mass is 9.88. The second kappa shape index (κ2) is 10.6. The summed E-state index contributed by atoms with van der Waals surface area (Å²) >= 11 is 0. The van der Waals surface area contributed by atoms with Gasteiger partial charge >= 0.3 is 5.97 Å². The summed E-state index contributed by atoms with van der Waals surface area (Å²) in [4.78, 5) is 14.3. The Balaban J connectivity index is 1.13. The molecular weight excluding hydrogens is 438 g/mol. The van der Waals surface area contributed by atoms with Crippen LogP contribution in [0.15, 0.2) is 72.3 Å². The van der Waals surface area contributed by atoms with Gasteiger partial charge in [-0.05, 0) is 67.3 Å². The Bertz CT molecular complexity index is 1210. The number of hydrogen-bond donors (Lipinski definition) is 1. The lowest BCUT2D eigenvalue weighted by molar-refractivity contribution is -0.138. The highest BCUT2D eigenvalue weighted by atomic mass is 16.5. The van der Waals surface area contributed by atoms with Crippen molar-refractivity contribution in [2.45, 2.75) is 44.3 Å². The fourth-order valence-corrected chi connectivity index (χ4v) is 5.18. The summed E-state index contributed by atoms with van der Waals surface area (Å²) in [7, 11) is 0. The van der Waals surface area contributed by atoms with Gasteiger partial charge in [0, 0.05) is 24.1 Å². The summed E-state index contributed by atoms with van der Waals surface area (Å²) in [5.74, 6) is 0.968. The number of fused-ring (bicyclic) bond motifs is 1. The SMILES string of the molecule is CC1CC(=Cc2ccccc2OCC(O)CN2CCC(c3ccc4ccccc4c3)CC2)C(=O)O1. The van der Waals surface area contributed by atoms with Crippen LogP contribution in [0.3, 0.4) is 0 Å². The van der Waals surface area contributed by atoms with Gasteiger partial charge in [0.2, 0.25) is 0 Å². The van der Waals surface area contributed by atoms with E-state index in [1.807, 2.05) is 37.3 Å². The van der Waals surface area contributed by atoms with E-state index in [2.05, 4.69) is 47.4 Å². The van der Waals surface area contributed by atoms with E-state index in [9.17, 15) is 9.90 Å². The molecule has 3 aromatic carbocycles. The first-order chi connectivity index (χ1) is 17.0. The molecule has 3 aromatic rings. The van der Waals surface area contributed by atoms with E-state index in [-0.39, 0.29) is 18.7 Å². The zero-order valence-electron chi connectivity index (χ0n) is 20.2. The number of carbonyl (C=O) groups excluding carboxylic acids is 1. The molecule has 5 heteroatoms. The number of aliphatic hydroxyl groups is 1. The topological polar surface area (TPSA) is 59.0 Å². The number of ether oxygens (including phenoxy) is 2. The summed E-state index contributed by atoms with van der Waals surface area (Å²) < 4.78 is 11.2. The van der Waals surface area contributed by atoms with Gasteiger partial charge in [-0.25, -0.2) is 4.79 Å². The number of benzene rings is 3. The first kappa shape index (κ1) is 23.6. The average molecular weight is 472 g/mol. The Hall–Kier alpha value is -3.15. The monoisotopic (exact) mass is 471 g/mol. The minimum Gasteiger partial charge on any atom is -0.490 e. The van der Waals surface area contributed by atoms with Gasteiger partial charge in [0.25, 0.3) is 0 Å². The van der Waals surface area contributed by atoms with Gasteiger partial charge < -0.3 is 19.5 Å². The molecule has 0 bridgehead atoms. The van der Waals surface area contributed by atoms with Gasteiger partial charge in [0.1, 0.15) is 24.6 Å². The van der Waals surface area contributed by atoms with E-state index in [1.54, 1.807) is 0 Å². The molecule has 0 amide bonds. The van der Waals surface area contributed by atoms with Crippen LogP contribution in [0.5, 0.6) is 5.75 Å². The third-order valence-corrected chi connectivity index (χ3v) is 7.06. The number of para-hydroxylation sites is 1. The number of piperidine rings is 1. The first-order valence-corrected chi connectivity index (χ1v) is 12.6. The maximum Gasteiger partial charge on any atom is 0.334 e. The van der Waals surface area contributed by atoms with E-state index < -0.39 is 6.10 Å². The van der Waals surface area contributed by atoms with Crippen molar-refractivity contribution in [3.8, 4) is 5.75 Å². The third-order valence-electron chi connectivity index (χ3n) is 7.06. The molecule has 2 fully saturated rings. The molecule has 0 radical (unpaired) electrons. The van der Waals surface area contributed by atoms with Gasteiger partial charge in [0.15, 0.2) is 0 Å². The number of nitrogens with zero attached hydrogens (tertiary/aromatic N) is 1. The molecule has 0 spiro atoms. The normalized spacial score (nSPS) is 21.4. The molecule has 2 unspecified atom stereocenters.